The molecule has 0 aliphatic carbocycles. The second-order valence-corrected chi connectivity index (χ2v) is 7.03. The lowest BCUT2D eigenvalue weighted by Crippen LogP contribution is -2.30. The van der Waals surface area contributed by atoms with Gasteiger partial charge in [0.1, 0.15) is 16.8 Å². The number of hydrogen-bond acceptors (Lipinski definition) is 5. The first kappa shape index (κ1) is 18.9. The molecule has 8 heteroatoms. The number of ether oxygens (including phenoxy) is 1. The largest absolute Gasteiger partial charge is 0.497 e. The Hall–Kier alpha value is -2.87. The zero-order valence-electron chi connectivity index (χ0n) is 14.8. The summed E-state index contributed by atoms with van der Waals surface area (Å²) in [5.74, 6) is -0.151. The number of anilines is 1. The van der Waals surface area contributed by atoms with Crippen molar-refractivity contribution in [3.63, 3.8) is 0 Å². The Morgan fingerprint density at radius 1 is 1.22 bits per heavy atom. The Kier molecular flexibility index (Phi) is 5.75. The SMILES string of the molecule is COc1ccc(N=C2SC(CC(=O)Nc3ccc(F)cc3)C(=O)N2C)cc1. The smallest absolute Gasteiger partial charge is 0.242 e. The van der Waals surface area contributed by atoms with Crippen molar-refractivity contribution in [2.75, 3.05) is 19.5 Å². The first-order valence-electron chi connectivity index (χ1n) is 8.18. The molecule has 2 aromatic carbocycles. The van der Waals surface area contributed by atoms with Crippen LogP contribution < -0.4 is 10.1 Å². The number of aliphatic imine (C=N–C) groups is 1. The van der Waals surface area contributed by atoms with Gasteiger partial charge in [-0.25, -0.2) is 9.38 Å². The fraction of sp³-hybridized carbons (Fsp3) is 0.211. The van der Waals surface area contributed by atoms with Crippen molar-refractivity contribution in [3.05, 3.63) is 54.3 Å². The van der Waals surface area contributed by atoms with E-state index in [-0.39, 0.29) is 24.1 Å². The van der Waals surface area contributed by atoms with Gasteiger partial charge in [-0.3, -0.25) is 14.5 Å². The number of nitrogens with zero attached hydrogens (tertiary/aromatic N) is 2. The van der Waals surface area contributed by atoms with E-state index in [1.54, 1.807) is 38.4 Å². The van der Waals surface area contributed by atoms with Crippen molar-refractivity contribution in [3.8, 4) is 5.75 Å². The highest BCUT2D eigenvalue weighted by Gasteiger charge is 2.36. The number of thioether (sulfide) groups is 1. The number of halogens is 1. The molecule has 3 rings (SSSR count). The average molecular weight is 387 g/mol. The van der Waals surface area contributed by atoms with Crippen molar-refractivity contribution in [1.82, 2.24) is 4.90 Å². The van der Waals surface area contributed by atoms with Gasteiger partial charge >= 0.3 is 0 Å². The molecule has 140 valence electrons. The number of rotatable bonds is 5. The standard InChI is InChI=1S/C19H18FN3O3S/c1-23-18(25)16(11-17(24)21-13-5-3-12(20)4-6-13)27-19(23)22-14-7-9-15(26-2)10-8-14/h3-10,16H,11H2,1-2H3,(H,21,24). The molecule has 0 aromatic heterocycles. The maximum Gasteiger partial charge on any atom is 0.242 e. The summed E-state index contributed by atoms with van der Waals surface area (Å²) in [5.41, 5.74) is 1.17. The Morgan fingerprint density at radius 3 is 2.52 bits per heavy atom. The topological polar surface area (TPSA) is 71.0 Å². The summed E-state index contributed by atoms with van der Waals surface area (Å²) in [4.78, 5) is 30.5. The van der Waals surface area contributed by atoms with Crippen LogP contribution in [-0.2, 0) is 9.59 Å². The first-order chi connectivity index (χ1) is 13.0. The zero-order chi connectivity index (χ0) is 19.4. The summed E-state index contributed by atoms with van der Waals surface area (Å²) in [6, 6.07) is 12.6. The van der Waals surface area contributed by atoms with Crippen molar-refractivity contribution in [2.45, 2.75) is 11.7 Å². The molecule has 27 heavy (non-hydrogen) atoms. The Bertz CT molecular complexity index is 869. The van der Waals surface area contributed by atoms with E-state index >= 15 is 0 Å². The molecule has 1 aliphatic rings. The molecule has 2 amide bonds. The van der Waals surface area contributed by atoms with Crippen LogP contribution in [0.4, 0.5) is 15.8 Å². The third-order valence-corrected chi connectivity index (χ3v) is 5.17. The van der Waals surface area contributed by atoms with Crippen molar-refractivity contribution in [1.29, 1.82) is 0 Å². The molecule has 1 aliphatic heterocycles. The lowest BCUT2D eigenvalue weighted by Gasteiger charge is -2.09. The van der Waals surface area contributed by atoms with E-state index in [4.69, 9.17) is 4.74 Å². The molecule has 1 atom stereocenters. The summed E-state index contributed by atoms with van der Waals surface area (Å²) in [6.45, 7) is 0. The number of amides is 2. The van der Waals surface area contributed by atoms with Crippen LogP contribution in [0, 0.1) is 5.82 Å². The van der Waals surface area contributed by atoms with E-state index in [0.29, 0.717) is 16.5 Å². The fourth-order valence-corrected chi connectivity index (χ4v) is 3.63. The van der Waals surface area contributed by atoms with Gasteiger partial charge < -0.3 is 10.1 Å². The normalized spacial score (nSPS) is 18.0. The van der Waals surface area contributed by atoms with Crippen molar-refractivity contribution >= 4 is 40.1 Å². The van der Waals surface area contributed by atoms with Gasteiger partial charge in [0.15, 0.2) is 5.17 Å². The molecule has 1 unspecified atom stereocenters. The third kappa shape index (κ3) is 4.65. The van der Waals surface area contributed by atoms with E-state index in [1.165, 1.54) is 40.9 Å². The van der Waals surface area contributed by atoms with Crippen LogP contribution in [0.5, 0.6) is 5.75 Å². The lowest BCUT2D eigenvalue weighted by molar-refractivity contribution is -0.127. The molecule has 1 saturated heterocycles. The van der Waals surface area contributed by atoms with E-state index in [9.17, 15) is 14.0 Å². The number of carbonyl (C=O) groups excluding carboxylic acids is 2. The lowest BCUT2D eigenvalue weighted by atomic mass is 10.2. The maximum absolute atomic E-state index is 12.9. The van der Waals surface area contributed by atoms with Gasteiger partial charge in [-0.2, -0.15) is 0 Å². The molecule has 1 fully saturated rings. The summed E-state index contributed by atoms with van der Waals surface area (Å²) >= 11 is 1.25. The average Bonchev–Trinajstić information content (AvgIpc) is 2.92. The van der Waals surface area contributed by atoms with Gasteiger partial charge in [-0.05, 0) is 48.5 Å². The summed E-state index contributed by atoms with van der Waals surface area (Å²) in [6.07, 6.45) is 0.00679. The number of hydrogen-bond donors (Lipinski definition) is 1. The first-order valence-corrected chi connectivity index (χ1v) is 9.06. The summed E-state index contributed by atoms with van der Waals surface area (Å²) in [7, 11) is 3.22. The van der Waals surface area contributed by atoms with Crippen molar-refractivity contribution in [2.24, 2.45) is 4.99 Å². The van der Waals surface area contributed by atoms with E-state index < -0.39 is 5.25 Å². The highest BCUT2D eigenvalue weighted by atomic mass is 32.2. The van der Waals surface area contributed by atoms with Crippen LogP contribution in [0.2, 0.25) is 0 Å². The van der Waals surface area contributed by atoms with Gasteiger partial charge in [-0.15, -0.1) is 0 Å². The van der Waals surface area contributed by atoms with E-state index in [0.717, 1.165) is 5.75 Å². The van der Waals surface area contributed by atoms with Crippen LogP contribution in [0.1, 0.15) is 6.42 Å². The van der Waals surface area contributed by atoms with E-state index in [1.807, 2.05) is 0 Å². The van der Waals surface area contributed by atoms with E-state index in [2.05, 4.69) is 10.3 Å². The Balaban J connectivity index is 1.65. The quantitative estimate of drug-likeness (QED) is 0.853. The van der Waals surface area contributed by atoms with Crippen molar-refractivity contribution < 1.29 is 18.7 Å². The summed E-state index contributed by atoms with van der Waals surface area (Å²) in [5, 5.41) is 2.65. The zero-order valence-corrected chi connectivity index (χ0v) is 15.6. The molecule has 0 bridgehead atoms. The summed E-state index contributed by atoms with van der Waals surface area (Å²) < 4.78 is 18.0. The minimum Gasteiger partial charge on any atom is -0.497 e. The molecule has 2 aromatic rings. The van der Waals surface area contributed by atoms with Crippen LogP contribution in [0.15, 0.2) is 53.5 Å². The molecule has 0 saturated carbocycles. The second kappa shape index (κ2) is 8.22. The number of amidine groups is 1. The van der Waals surface area contributed by atoms with Gasteiger partial charge in [0.05, 0.1) is 12.8 Å². The van der Waals surface area contributed by atoms with Gasteiger partial charge in [-0.1, -0.05) is 11.8 Å². The predicted molar refractivity (Wildman–Crippen MR) is 104 cm³/mol. The van der Waals surface area contributed by atoms with Gasteiger partial charge in [0.25, 0.3) is 0 Å². The molecule has 6 nitrogen and oxygen atoms in total. The fourth-order valence-electron chi connectivity index (χ4n) is 2.48. The Morgan fingerprint density at radius 2 is 1.89 bits per heavy atom. The number of methoxy groups -OCH3 is 1. The minimum atomic E-state index is -0.549. The third-order valence-electron chi connectivity index (χ3n) is 3.94. The predicted octanol–water partition coefficient (Wildman–Crippen LogP) is 3.42. The molecular weight excluding hydrogens is 369 g/mol. The Labute approximate surface area is 160 Å². The highest BCUT2D eigenvalue weighted by Crippen LogP contribution is 2.31. The second-order valence-electron chi connectivity index (χ2n) is 5.86. The van der Waals surface area contributed by atoms with Gasteiger partial charge in [0.2, 0.25) is 11.8 Å². The number of carbonyl (C=O) groups is 2. The molecule has 0 radical (unpaired) electrons. The van der Waals surface area contributed by atoms with Crippen LogP contribution in [-0.4, -0.2) is 41.3 Å². The highest BCUT2D eigenvalue weighted by molar-refractivity contribution is 8.15. The number of benzene rings is 2. The molecule has 0 spiro atoms. The van der Waals surface area contributed by atoms with Crippen LogP contribution in [0.3, 0.4) is 0 Å². The number of nitrogens with one attached hydrogen (secondary N) is 1. The monoisotopic (exact) mass is 387 g/mol. The van der Waals surface area contributed by atoms with Gasteiger partial charge in [0, 0.05) is 19.2 Å². The van der Waals surface area contributed by atoms with Crippen LogP contribution >= 0.6 is 11.8 Å². The van der Waals surface area contributed by atoms with Crippen LogP contribution in [0.25, 0.3) is 0 Å². The minimum absolute atomic E-state index is 0.00679. The molecular formula is C19H18FN3O3S. The molecule has 1 heterocycles. The maximum atomic E-state index is 12.9. The molecule has 1 N–H and O–H groups in total.